The van der Waals surface area contributed by atoms with Gasteiger partial charge in [0, 0.05) is 13.2 Å². The van der Waals surface area contributed by atoms with E-state index in [9.17, 15) is 5.26 Å². The molecule has 3 nitrogen and oxygen atoms in total. The molecule has 1 atom stereocenters. The highest BCUT2D eigenvalue weighted by Crippen LogP contribution is 2.22. The van der Waals surface area contributed by atoms with E-state index < -0.39 is 0 Å². The van der Waals surface area contributed by atoms with Crippen molar-refractivity contribution in [2.24, 2.45) is 0 Å². The van der Waals surface area contributed by atoms with Crippen LogP contribution in [0.1, 0.15) is 49.3 Å². The van der Waals surface area contributed by atoms with Gasteiger partial charge in [0.05, 0.1) is 12.7 Å². The lowest BCUT2D eigenvalue weighted by Crippen LogP contribution is -2.33. The smallest absolute Gasteiger partial charge is 0.121 e. The van der Waals surface area contributed by atoms with Crippen LogP contribution in [0.5, 0.6) is 0 Å². The Kier molecular flexibility index (Phi) is 5.38. The Morgan fingerprint density at radius 3 is 2.84 bits per heavy atom. The highest BCUT2D eigenvalue weighted by molar-refractivity contribution is 5.29. The van der Waals surface area contributed by atoms with Gasteiger partial charge in [-0.05, 0) is 24.0 Å². The molecule has 1 fully saturated rings. The number of nitriles is 1. The first-order valence-corrected chi connectivity index (χ1v) is 7.07. The Labute approximate surface area is 115 Å². The van der Waals surface area contributed by atoms with Gasteiger partial charge < -0.3 is 4.74 Å². The number of nitrogens with zero attached hydrogens (tertiary/aromatic N) is 1. The molecule has 1 aromatic carbocycles. The summed E-state index contributed by atoms with van der Waals surface area (Å²) in [5.41, 5.74) is 2.16. The fraction of sp³-hybridized carbons (Fsp3) is 0.562. The maximum atomic E-state index is 9.39. The predicted octanol–water partition coefficient (Wildman–Crippen LogP) is 3.32. The average molecular weight is 258 g/mol. The van der Waals surface area contributed by atoms with Crippen LogP contribution in [0.2, 0.25) is 0 Å². The highest BCUT2D eigenvalue weighted by Gasteiger charge is 2.18. The van der Waals surface area contributed by atoms with Gasteiger partial charge in [0.1, 0.15) is 6.04 Å². The summed E-state index contributed by atoms with van der Waals surface area (Å²) in [6, 6.07) is 10.8. The first-order valence-electron chi connectivity index (χ1n) is 7.07. The molecule has 1 aliphatic carbocycles. The summed E-state index contributed by atoms with van der Waals surface area (Å²) in [6.07, 6.45) is 6.27. The minimum atomic E-state index is -0.208. The molecule has 3 heteroatoms. The normalized spacial score (nSPS) is 17.9. The van der Waals surface area contributed by atoms with Crippen LogP contribution >= 0.6 is 0 Å². The Hall–Kier alpha value is -1.37. The summed E-state index contributed by atoms with van der Waals surface area (Å²) >= 11 is 0. The summed E-state index contributed by atoms with van der Waals surface area (Å²) in [5, 5.41) is 12.9. The molecule has 1 aliphatic rings. The average Bonchev–Trinajstić information content (AvgIpc) is 2.46. The maximum absolute atomic E-state index is 9.39. The molecule has 102 valence electrons. The maximum Gasteiger partial charge on any atom is 0.121 e. The second-order valence-corrected chi connectivity index (χ2v) is 5.24. The largest absolute Gasteiger partial charge is 0.380 e. The summed E-state index contributed by atoms with van der Waals surface area (Å²) in [6.45, 7) is 0.593. The van der Waals surface area contributed by atoms with E-state index in [2.05, 4.69) is 17.5 Å². The lowest BCUT2D eigenvalue weighted by atomic mass is 9.94. The van der Waals surface area contributed by atoms with Crippen LogP contribution in [-0.4, -0.2) is 13.2 Å². The van der Waals surface area contributed by atoms with Crippen LogP contribution < -0.4 is 5.32 Å². The van der Waals surface area contributed by atoms with Crippen LogP contribution in [-0.2, 0) is 11.3 Å². The lowest BCUT2D eigenvalue weighted by molar-refractivity contribution is 0.185. The first kappa shape index (κ1) is 14.0. The van der Waals surface area contributed by atoms with Crippen molar-refractivity contribution in [1.29, 1.82) is 5.26 Å². The van der Waals surface area contributed by atoms with Gasteiger partial charge in [0.2, 0.25) is 0 Å². The summed E-state index contributed by atoms with van der Waals surface area (Å²) < 4.78 is 5.14. The standard InChI is InChI=1S/C16H22N2O/c1-19-12-13-6-5-7-14(10-13)16(11-17)18-15-8-3-2-4-9-15/h5-7,10,15-16,18H,2-4,8-9,12H2,1H3. The minimum Gasteiger partial charge on any atom is -0.380 e. The second-order valence-electron chi connectivity index (χ2n) is 5.24. The van der Waals surface area contributed by atoms with Crippen molar-refractivity contribution in [3.63, 3.8) is 0 Å². The minimum absolute atomic E-state index is 0.208. The van der Waals surface area contributed by atoms with E-state index in [0.717, 1.165) is 11.1 Å². The molecular formula is C16H22N2O. The highest BCUT2D eigenvalue weighted by atomic mass is 16.5. The molecule has 0 radical (unpaired) electrons. The van der Waals surface area contributed by atoms with Crippen LogP contribution in [0.15, 0.2) is 24.3 Å². The number of hydrogen-bond donors (Lipinski definition) is 1. The third-order valence-electron chi connectivity index (χ3n) is 3.73. The van der Waals surface area contributed by atoms with Crippen molar-refractivity contribution in [1.82, 2.24) is 5.32 Å². The fourth-order valence-electron chi connectivity index (χ4n) is 2.74. The Morgan fingerprint density at radius 2 is 2.16 bits per heavy atom. The van der Waals surface area contributed by atoms with Crippen LogP contribution in [0.25, 0.3) is 0 Å². The van der Waals surface area contributed by atoms with E-state index in [-0.39, 0.29) is 6.04 Å². The molecule has 1 unspecified atom stereocenters. The van der Waals surface area contributed by atoms with Crippen molar-refractivity contribution in [2.75, 3.05) is 7.11 Å². The molecule has 0 aliphatic heterocycles. The zero-order valence-electron chi connectivity index (χ0n) is 11.6. The number of methoxy groups -OCH3 is 1. The molecule has 0 bridgehead atoms. The number of rotatable bonds is 5. The zero-order chi connectivity index (χ0) is 13.5. The van der Waals surface area contributed by atoms with Gasteiger partial charge in [-0.1, -0.05) is 43.5 Å². The molecule has 1 N–H and O–H groups in total. The van der Waals surface area contributed by atoms with Gasteiger partial charge in [-0.25, -0.2) is 0 Å². The molecule has 19 heavy (non-hydrogen) atoms. The van der Waals surface area contributed by atoms with E-state index in [1.807, 2.05) is 18.2 Å². The first-order chi connectivity index (χ1) is 9.33. The van der Waals surface area contributed by atoms with Crippen molar-refractivity contribution < 1.29 is 4.74 Å². The third-order valence-corrected chi connectivity index (χ3v) is 3.73. The van der Waals surface area contributed by atoms with Crippen LogP contribution in [0, 0.1) is 11.3 Å². The second kappa shape index (κ2) is 7.28. The van der Waals surface area contributed by atoms with E-state index in [1.54, 1.807) is 7.11 Å². The Balaban J connectivity index is 2.04. The lowest BCUT2D eigenvalue weighted by Gasteiger charge is -2.25. The number of nitrogens with one attached hydrogen (secondary N) is 1. The van der Waals surface area contributed by atoms with Crippen LogP contribution in [0.3, 0.4) is 0 Å². The van der Waals surface area contributed by atoms with E-state index in [1.165, 1.54) is 32.1 Å². The molecule has 0 spiro atoms. The number of benzene rings is 1. The fourth-order valence-corrected chi connectivity index (χ4v) is 2.74. The Morgan fingerprint density at radius 1 is 1.37 bits per heavy atom. The van der Waals surface area contributed by atoms with E-state index >= 15 is 0 Å². The molecular weight excluding hydrogens is 236 g/mol. The topological polar surface area (TPSA) is 45.0 Å². The summed E-state index contributed by atoms with van der Waals surface area (Å²) in [4.78, 5) is 0. The van der Waals surface area contributed by atoms with Gasteiger partial charge in [-0.2, -0.15) is 5.26 Å². The Bertz CT molecular complexity index is 433. The molecule has 0 saturated heterocycles. The van der Waals surface area contributed by atoms with Crippen molar-refractivity contribution >= 4 is 0 Å². The van der Waals surface area contributed by atoms with Crippen LogP contribution in [0.4, 0.5) is 0 Å². The molecule has 1 aromatic rings. The number of ether oxygens (including phenoxy) is 1. The van der Waals surface area contributed by atoms with Gasteiger partial charge in [-0.3, -0.25) is 5.32 Å². The van der Waals surface area contributed by atoms with Crippen molar-refractivity contribution in [3.05, 3.63) is 35.4 Å². The molecule has 1 saturated carbocycles. The molecule has 0 heterocycles. The van der Waals surface area contributed by atoms with Gasteiger partial charge in [0.15, 0.2) is 0 Å². The predicted molar refractivity (Wildman–Crippen MR) is 75.5 cm³/mol. The zero-order valence-corrected chi connectivity index (χ0v) is 11.6. The SMILES string of the molecule is COCc1cccc(C(C#N)NC2CCCCC2)c1. The molecule has 0 aromatic heterocycles. The van der Waals surface area contributed by atoms with E-state index in [4.69, 9.17) is 4.74 Å². The number of hydrogen-bond acceptors (Lipinski definition) is 3. The van der Waals surface area contributed by atoms with Crippen molar-refractivity contribution in [2.45, 2.75) is 50.8 Å². The summed E-state index contributed by atoms with van der Waals surface area (Å²) in [5.74, 6) is 0. The quantitative estimate of drug-likeness (QED) is 0.881. The monoisotopic (exact) mass is 258 g/mol. The van der Waals surface area contributed by atoms with Gasteiger partial charge in [-0.15, -0.1) is 0 Å². The van der Waals surface area contributed by atoms with Gasteiger partial charge in [0.25, 0.3) is 0 Å². The van der Waals surface area contributed by atoms with E-state index in [0.29, 0.717) is 12.6 Å². The van der Waals surface area contributed by atoms with Crippen molar-refractivity contribution in [3.8, 4) is 6.07 Å². The molecule has 0 amide bonds. The summed E-state index contributed by atoms with van der Waals surface area (Å²) in [7, 11) is 1.69. The third kappa shape index (κ3) is 4.05. The molecule has 2 rings (SSSR count). The van der Waals surface area contributed by atoms with Gasteiger partial charge >= 0.3 is 0 Å².